The number of hydrogen-bond acceptors (Lipinski definition) is 3. The summed E-state index contributed by atoms with van der Waals surface area (Å²) in [5, 5.41) is 9.19. The second-order valence-electron chi connectivity index (χ2n) is 3.59. The Kier molecular flexibility index (Phi) is 5.26. The standard InChI is InChI=1S/C11H11Cl2NO2S/c12-10-3-4-11(13)9(7-10)8-17(15,16)6-2-1-5-14/h3-4,7H,1-2,6,8H2. The first kappa shape index (κ1) is 14.3. The molecule has 1 aromatic rings. The van der Waals surface area contributed by atoms with E-state index in [9.17, 15) is 8.42 Å². The topological polar surface area (TPSA) is 57.9 Å². The molecule has 0 spiro atoms. The first-order valence-electron chi connectivity index (χ1n) is 4.96. The van der Waals surface area contributed by atoms with Crippen molar-refractivity contribution < 1.29 is 8.42 Å². The number of nitrogens with zero attached hydrogens (tertiary/aromatic N) is 1. The molecule has 1 rings (SSSR count). The molecule has 0 saturated heterocycles. The smallest absolute Gasteiger partial charge is 0.154 e. The average Bonchev–Trinajstić information content (AvgIpc) is 2.23. The van der Waals surface area contributed by atoms with Gasteiger partial charge in [-0.3, -0.25) is 0 Å². The molecule has 3 nitrogen and oxygen atoms in total. The van der Waals surface area contributed by atoms with Crippen molar-refractivity contribution in [3.63, 3.8) is 0 Å². The Morgan fingerprint density at radius 3 is 2.65 bits per heavy atom. The van der Waals surface area contributed by atoms with Crippen LogP contribution in [0.1, 0.15) is 18.4 Å². The Bertz CT molecular complexity index is 535. The Labute approximate surface area is 111 Å². The lowest BCUT2D eigenvalue weighted by Crippen LogP contribution is -2.09. The van der Waals surface area contributed by atoms with E-state index in [2.05, 4.69) is 0 Å². The Morgan fingerprint density at radius 1 is 1.29 bits per heavy atom. The average molecular weight is 292 g/mol. The molecule has 0 saturated carbocycles. The third-order valence-electron chi connectivity index (χ3n) is 2.13. The molecule has 0 atom stereocenters. The number of sulfone groups is 1. The summed E-state index contributed by atoms with van der Waals surface area (Å²) < 4.78 is 23.5. The molecule has 17 heavy (non-hydrogen) atoms. The summed E-state index contributed by atoms with van der Waals surface area (Å²) in [4.78, 5) is 0. The minimum Gasteiger partial charge on any atom is -0.228 e. The largest absolute Gasteiger partial charge is 0.228 e. The second-order valence-corrected chi connectivity index (χ2v) is 6.62. The maximum atomic E-state index is 11.7. The fraction of sp³-hybridized carbons (Fsp3) is 0.364. The van der Waals surface area contributed by atoms with Crippen LogP contribution in [0.5, 0.6) is 0 Å². The van der Waals surface area contributed by atoms with E-state index in [4.69, 9.17) is 28.5 Å². The first-order chi connectivity index (χ1) is 7.94. The summed E-state index contributed by atoms with van der Waals surface area (Å²) in [6.45, 7) is 0. The molecule has 0 aliphatic rings. The number of benzene rings is 1. The highest BCUT2D eigenvalue weighted by atomic mass is 35.5. The number of unbranched alkanes of at least 4 members (excludes halogenated alkanes) is 1. The van der Waals surface area contributed by atoms with Crippen LogP contribution >= 0.6 is 23.2 Å². The van der Waals surface area contributed by atoms with Crippen LogP contribution in [0.25, 0.3) is 0 Å². The van der Waals surface area contributed by atoms with Crippen molar-refractivity contribution in [3.05, 3.63) is 33.8 Å². The van der Waals surface area contributed by atoms with Gasteiger partial charge in [0, 0.05) is 16.5 Å². The van der Waals surface area contributed by atoms with E-state index in [0.717, 1.165) is 0 Å². The van der Waals surface area contributed by atoms with Crippen molar-refractivity contribution >= 4 is 33.0 Å². The van der Waals surface area contributed by atoms with Crippen LogP contribution < -0.4 is 0 Å². The Hall–Kier alpha value is -0.760. The zero-order valence-corrected chi connectivity index (χ0v) is 11.3. The summed E-state index contributed by atoms with van der Waals surface area (Å²) >= 11 is 11.7. The van der Waals surface area contributed by atoms with Gasteiger partial charge in [0.1, 0.15) is 0 Å². The molecule has 0 radical (unpaired) electrons. The predicted octanol–water partition coefficient (Wildman–Crippen LogP) is 3.21. The lowest BCUT2D eigenvalue weighted by molar-refractivity contribution is 0.593. The number of nitriles is 1. The van der Waals surface area contributed by atoms with E-state index in [0.29, 0.717) is 22.0 Å². The summed E-state index contributed by atoms with van der Waals surface area (Å²) in [5.41, 5.74) is 0.496. The second kappa shape index (κ2) is 6.25. The highest BCUT2D eigenvalue weighted by Crippen LogP contribution is 2.23. The van der Waals surface area contributed by atoms with Crippen LogP contribution in [0.15, 0.2) is 18.2 Å². The summed E-state index contributed by atoms with van der Waals surface area (Å²) in [6, 6.07) is 6.64. The number of hydrogen-bond donors (Lipinski definition) is 0. The fourth-order valence-electron chi connectivity index (χ4n) is 1.33. The van der Waals surface area contributed by atoms with Gasteiger partial charge in [-0.1, -0.05) is 23.2 Å². The van der Waals surface area contributed by atoms with Crippen molar-refractivity contribution in [3.8, 4) is 6.07 Å². The van der Waals surface area contributed by atoms with Crippen LogP contribution in [0.3, 0.4) is 0 Å². The van der Waals surface area contributed by atoms with Gasteiger partial charge in [-0.05, 0) is 30.2 Å². The minimum atomic E-state index is -3.24. The van der Waals surface area contributed by atoms with Gasteiger partial charge in [0.2, 0.25) is 0 Å². The SMILES string of the molecule is N#CCCCS(=O)(=O)Cc1cc(Cl)ccc1Cl. The Morgan fingerprint density at radius 2 is 2.00 bits per heavy atom. The molecule has 0 N–H and O–H groups in total. The van der Waals surface area contributed by atoms with Gasteiger partial charge < -0.3 is 0 Å². The van der Waals surface area contributed by atoms with Crippen LogP contribution in [-0.2, 0) is 15.6 Å². The zero-order chi connectivity index (χ0) is 12.9. The fourth-order valence-corrected chi connectivity index (χ4v) is 3.23. The van der Waals surface area contributed by atoms with Crippen molar-refractivity contribution in [2.24, 2.45) is 0 Å². The lowest BCUT2D eigenvalue weighted by atomic mass is 10.2. The third kappa shape index (κ3) is 4.95. The van der Waals surface area contributed by atoms with E-state index in [1.807, 2.05) is 6.07 Å². The maximum Gasteiger partial charge on any atom is 0.154 e. The molecular formula is C11H11Cl2NO2S. The summed E-state index contributed by atoms with van der Waals surface area (Å²) in [6.07, 6.45) is 0.583. The summed E-state index contributed by atoms with van der Waals surface area (Å²) in [5.74, 6) is -0.152. The summed E-state index contributed by atoms with van der Waals surface area (Å²) in [7, 11) is -3.24. The monoisotopic (exact) mass is 291 g/mol. The molecule has 0 fully saturated rings. The highest BCUT2D eigenvalue weighted by molar-refractivity contribution is 7.90. The Balaban J connectivity index is 2.76. The molecule has 0 unspecified atom stereocenters. The van der Waals surface area contributed by atoms with E-state index in [1.165, 1.54) is 0 Å². The van der Waals surface area contributed by atoms with Crippen molar-refractivity contribution in [1.82, 2.24) is 0 Å². The molecule has 92 valence electrons. The molecule has 0 amide bonds. The molecule has 0 aliphatic heterocycles. The maximum absolute atomic E-state index is 11.7. The normalized spacial score (nSPS) is 11.1. The van der Waals surface area contributed by atoms with Gasteiger partial charge in [0.25, 0.3) is 0 Å². The van der Waals surface area contributed by atoms with Crippen LogP contribution in [0, 0.1) is 11.3 Å². The first-order valence-corrected chi connectivity index (χ1v) is 7.53. The lowest BCUT2D eigenvalue weighted by Gasteiger charge is -2.06. The minimum absolute atomic E-state index is 0.0105. The van der Waals surface area contributed by atoms with Gasteiger partial charge in [0.05, 0.1) is 17.6 Å². The zero-order valence-electron chi connectivity index (χ0n) is 8.99. The van der Waals surface area contributed by atoms with Gasteiger partial charge in [-0.15, -0.1) is 0 Å². The van der Waals surface area contributed by atoms with Crippen molar-refractivity contribution in [2.75, 3.05) is 5.75 Å². The molecule has 6 heteroatoms. The van der Waals surface area contributed by atoms with Gasteiger partial charge in [-0.2, -0.15) is 5.26 Å². The third-order valence-corrected chi connectivity index (χ3v) is 4.39. The van der Waals surface area contributed by atoms with Crippen molar-refractivity contribution in [2.45, 2.75) is 18.6 Å². The van der Waals surface area contributed by atoms with E-state index in [-0.39, 0.29) is 17.9 Å². The van der Waals surface area contributed by atoms with Gasteiger partial charge >= 0.3 is 0 Å². The van der Waals surface area contributed by atoms with Crippen molar-refractivity contribution in [1.29, 1.82) is 5.26 Å². The highest BCUT2D eigenvalue weighted by Gasteiger charge is 2.14. The van der Waals surface area contributed by atoms with Gasteiger partial charge in [-0.25, -0.2) is 8.42 Å². The van der Waals surface area contributed by atoms with Gasteiger partial charge in [0.15, 0.2) is 9.84 Å². The molecule has 1 aromatic carbocycles. The molecule has 0 aromatic heterocycles. The number of rotatable bonds is 5. The quantitative estimate of drug-likeness (QED) is 0.783. The van der Waals surface area contributed by atoms with E-state index >= 15 is 0 Å². The number of halogens is 2. The van der Waals surface area contributed by atoms with Crippen LogP contribution in [0.2, 0.25) is 10.0 Å². The molecule has 0 bridgehead atoms. The van der Waals surface area contributed by atoms with Crippen LogP contribution in [-0.4, -0.2) is 14.2 Å². The van der Waals surface area contributed by atoms with E-state index < -0.39 is 9.84 Å². The predicted molar refractivity (Wildman–Crippen MR) is 68.8 cm³/mol. The van der Waals surface area contributed by atoms with E-state index in [1.54, 1.807) is 18.2 Å². The molecular weight excluding hydrogens is 281 g/mol. The van der Waals surface area contributed by atoms with Crippen LogP contribution in [0.4, 0.5) is 0 Å². The molecule has 0 heterocycles. The molecule has 0 aliphatic carbocycles.